The number of likely N-dealkylation sites (tertiary alicyclic amines) is 1. The van der Waals surface area contributed by atoms with Crippen LogP contribution in [0, 0.1) is 5.92 Å². The summed E-state index contributed by atoms with van der Waals surface area (Å²) in [4.78, 5) is 17.7. The van der Waals surface area contributed by atoms with E-state index >= 15 is 0 Å². The molecule has 1 rings (SSSR count). The molecular weight excluding hydrogens is 188 g/mol. The monoisotopic (exact) mass is 210 g/mol. The molecule has 0 aliphatic carbocycles. The molecular formula is C12H22N2O. The maximum absolute atomic E-state index is 11.0. The van der Waals surface area contributed by atoms with Crippen LogP contribution in [0.3, 0.4) is 0 Å². The Morgan fingerprint density at radius 3 is 2.40 bits per heavy atom. The Kier molecular flexibility index (Phi) is 4.79. The van der Waals surface area contributed by atoms with Gasteiger partial charge in [0.1, 0.15) is 5.78 Å². The third kappa shape index (κ3) is 4.02. The Morgan fingerprint density at radius 2 is 1.93 bits per heavy atom. The number of carbonyl (C=O) groups is 1. The summed E-state index contributed by atoms with van der Waals surface area (Å²) < 4.78 is 0. The van der Waals surface area contributed by atoms with Gasteiger partial charge in [0.15, 0.2) is 0 Å². The molecule has 1 aliphatic heterocycles. The molecule has 3 heteroatoms. The van der Waals surface area contributed by atoms with Crippen LogP contribution in [0.25, 0.3) is 0 Å². The Balaban J connectivity index is 2.35. The smallest absolute Gasteiger partial charge is 0.130 e. The maximum Gasteiger partial charge on any atom is 0.130 e. The summed E-state index contributed by atoms with van der Waals surface area (Å²) in [5.41, 5.74) is 0. The number of carbonyl (C=O) groups excluding carboxylic acids is 1. The molecule has 1 heterocycles. The fourth-order valence-electron chi connectivity index (χ4n) is 2.20. The van der Waals surface area contributed by atoms with Gasteiger partial charge < -0.3 is 9.69 Å². The van der Waals surface area contributed by atoms with Gasteiger partial charge in [0, 0.05) is 26.1 Å². The fourth-order valence-corrected chi connectivity index (χ4v) is 2.20. The molecule has 0 amide bonds. The average Bonchev–Trinajstić information content (AvgIpc) is 2.18. The summed E-state index contributed by atoms with van der Waals surface area (Å²) in [6, 6.07) is 0. The predicted molar refractivity (Wildman–Crippen MR) is 63.2 cm³/mol. The van der Waals surface area contributed by atoms with E-state index in [1.807, 2.05) is 0 Å². The van der Waals surface area contributed by atoms with Crippen LogP contribution >= 0.6 is 0 Å². The van der Waals surface area contributed by atoms with Crippen LogP contribution in [0.5, 0.6) is 0 Å². The van der Waals surface area contributed by atoms with E-state index in [0.717, 1.165) is 44.7 Å². The van der Waals surface area contributed by atoms with Crippen LogP contribution in [0.2, 0.25) is 0 Å². The number of Topliss-reactive ketones (excluding diaryl/α,β-unsaturated/α-hetero) is 1. The SMILES string of the molecule is CCN=C(C)N1CCC(CC(C)=O)CC1. The number of amidine groups is 1. The van der Waals surface area contributed by atoms with Gasteiger partial charge in [-0.25, -0.2) is 0 Å². The highest BCUT2D eigenvalue weighted by molar-refractivity contribution is 5.79. The molecule has 0 N–H and O–H groups in total. The topological polar surface area (TPSA) is 32.7 Å². The number of piperidine rings is 1. The molecule has 1 saturated heterocycles. The average molecular weight is 210 g/mol. The molecule has 15 heavy (non-hydrogen) atoms. The molecule has 0 aromatic rings. The first-order valence-electron chi connectivity index (χ1n) is 5.89. The van der Waals surface area contributed by atoms with Crippen molar-refractivity contribution in [2.75, 3.05) is 19.6 Å². The molecule has 0 unspecified atom stereocenters. The first kappa shape index (κ1) is 12.2. The fraction of sp³-hybridized carbons (Fsp3) is 0.833. The van der Waals surface area contributed by atoms with Gasteiger partial charge in [-0.1, -0.05) is 0 Å². The summed E-state index contributed by atoms with van der Waals surface area (Å²) in [7, 11) is 0. The lowest BCUT2D eigenvalue weighted by molar-refractivity contribution is -0.118. The summed E-state index contributed by atoms with van der Waals surface area (Å²) in [5, 5.41) is 0. The molecule has 0 bridgehead atoms. The quantitative estimate of drug-likeness (QED) is 0.528. The van der Waals surface area contributed by atoms with Gasteiger partial charge in [0.2, 0.25) is 0 Å². The second-order valence-electron chi connectivity index (χ2n) is 4.36. The van der Waals surface area contributed by atoms with E-state index in [4.69, 9.17) is 0 Å². The molecule has 86 valence electrons. The Labute approximate surface area is 92.6 Å². The highest BCUT2D eigenvalue weighted by Crippen LogP contribution is 2.20. The summed E-state index contributed by atoms with van der Waals surface area (Å²) in [6.45, 7) is 8.82. The minimum absolute atomic E-state index is 0.326. The predicted octanol–water partition coefficient (Wildman–Crippen LogP) is 2.12. The molecule has 3 nitrogen and oxygen atoms in total. The van der Waals surface area contributed by atoms with Crippen molar-refractivity contribution in [1.82, 2.24) is 4.90 Å². The van der Waals surface area contributed by atoms with Crippen molar-refractivity contribution < 1.29 is 4.79 Å². The molecule has 0 aromatic carbocycles. The van der Waals surface area contributed by atoms with E-state index in [1.54, 1.807) is 6.92 Å². The third-order valence-electron chi connectivity index (χ3n) is 3.04. The second-order valence-corrected chi connectivity index (χ2v) is 4.36. The number of nitrogens with zero attached hydrogens (tertiary/aromatic N) is 2. The molecule has 0 radical (unpaired) electrons. The summed E-state index contributed by atoms with van der Waals surface area (Å²) in [5.74, 6) is 2.08. The van der Waals surface area contributed by atoms with E-state index in [9.17, 15) is 4.79 Å². The van der Waals surface area contributed by atoms with Crippen molar-refractivity contribution in [2.45, 2.75) is 40.0 Å². The van der Waals surface area contributed by atoms with Crippen molar-refractivity contribution in [3.63, 3.8) is 0 Å². The molecule has 0 spiro atoms. The van der Waals surface area contributed by atoms with Gasteiger partial charge in [-0.2, -0.15) is 0 Å². The van der Waals surface area contributed by atoms with Gasteiger partial charge >= 0.3 is 0 Å². The zero-order chi connectivity index (χ0) is 11.3. The molecule has 1 fully saturated rings. The van der Waals surface area contributed by atoms with E-state index in [1.165, 1.54) is 0 Å². The van der Waals surface area contributed by atoms with Gasteiger partial charge in [0.25, 0.3) is 0 Å². The number of ketones is 1. The van der Waals surface area contributed by atoms with Crippen molar-refractivity contribution in [2.24, 2.45) is 10.9 Å². The van der Waals surface area contributed by atoms with E-state index in [-0.39, 0.29) is 0 Å². The number of rotatable bonds is 3. The van der Waals surface area contributed by atoms with Crippen LogP contribution in [-0.2, 0) is 4.79 Å². The Hall–Kier alpha value is -0.860. The van der Waals surface area contributed by atoms with Crippen LogP contribution in [0.15, 0.2) is 4.99 Å². The molecule has 1 aliphatic rings. The van der Waals surface area contributed by atoms with Crippen LogP contribution < -0.4 is 0 Å². The first-order valence-corrected chi connectivity index (χ1v) is 5.89. The van der Waals surface area contributed by atoms with Crippen molar-refractivity contribution in [3.05, 3.63) is 0 Å². The third-order valence-corrected chi connectivity index (χ3v) is 3.04. The van der Waals surface area contributed by atoms with Crippen molar-refractivity contribution >= 4 is 11.6 Å². The Morgan fingerprint density at radius 1 is 1.33 bits per heavy atom. The second kappa shape index (κ2) is 5.89. The van der Waals surface area contributed by atoms with E-state index < -0.39 is 0 Å². The lowest BCUT2D eigenvalue weighted by Crippen LogP contribution is -2.37. The molecule has 0 aromatic heterocycles. The van der Waals surface area contributed by atoms with Gasteiger partial charge in [-0.05, 0) is 39.5 Å². The maximum atomic E-state index is 11.0. The largest absolute Gasteiger partial charge is 0.361 e. The van der Waals surface area contributed by atoms with Crippen molar-refractivity contribution in [3.8, 4) is 0 Å². The standard InChI is InChI=1S/C12H22N2O/c1-4-13-11(3)14-7-5-12(6-8-14)9-10(2)15/h12H,4-9H2,1-3H3. The van der Waals surface area contributed by atoms with Crippen LogP contribution in [0.1, 0.15) is 40.0 Å². The highest BCUT2D eigenvalue weighted by atomic mass is 16.1. The summed E-state index contributed by atoms with van der Waals surface area (Å²) >= 11 is 0. The minimum Gasteiger partial charge on any atom is -0.361 e. The number of aliphatic imine (C=N–C) groups is 1. The lowest BCUT2D eigenvalue weighted by atomic mass is 9.92. The van der Waals surface area contributed by atoms with Crippen LogP contribution in [-0.4, -0.2) is 36.2 Å². The van der Waals surface area contributed by atoms with Gasteiger partial charge in [-0.3, -0.25) is 4.99 Å². The molecule has 0 saturated carbocycles. The zero-order valence-corrected chi connectivity index (χ0v) is 10.1. The minimum atomic E-state index is 0.326. The van der Waals surface area contributed by atoms with Gasteiger partial charge in [-0.15, -0.1) is 0 Å². The number of hydrogen-bond acceptors (Lipinski definition) is 2. The van der Waals surface area contributed by atoms with E-state index in [0.29, 0.717) is 11.7 Å². The Bertz CT molecular complexity index is 240. The zero-order valence-electron chi connectivity index (χ0n) is 10.1. The first-order chi connectivity index (χ1) is 7.13. The lowest BCUT2D eigenvalue weighted by Gasteiger charge is -2.32. The molecule has 0 atom stereocenters. The van der Waals surface area contributed by atoms with Gasteiger partial charge in [0.05, 0.1) is 5.84 Å². The highest BCUT2D eigenvalue weighted by Gasteiger charge is 2.20. The van der Waals surface area contributed by atoms with E-state index in [2.05, 4.69) is 23.7 Å². The van der Waals surface area contributed by atoms with Crippen molar-refractivity contribution in [1.29, 1.82) is 0 Å². The normalized spacial score (nSPS) is 19.4. The number of hydrogen-bond donors (Lipinski definition) is 0. The summed E-state index contributed by atoms with van der Waals surface area (Å²) in [6.07, 6.45) is 3.03. The van der Waals surface area contributed by atoms with Crippen LogP contribution in [0.4, 0.5) is 0 Å².